The molecule has 0 radical (unpaired) electrons. The van der Waals surface area contributed by atoms with Crippen LogP contribution in [0.15, 0.2) is 12.2 Å². The minimum absolute atomic E-state index is 0.929. The fourth-order valence-corrected chi connectivity index (χ4v) is 3.09. The molecule has 2 aliphatic carbocycles. The van der Waals surface area contributed by atoms with E-state index in [0.717, 1.165) is 23.7 Å². The number of rotatable bonds is 1. The van der Waals surface area contributed by atoms with Crippen molar-refractivity contribution in [1.82, 2.24) is 0 Å². The van der Waals surface area contributed by atoms with Crippen LogP contribution in [-0.2, 0) is 0 Å². The largest absolute Gasteiger partial charge is 0.0885 e. The third-order valence-corrected chi connectivity index (χ3v) is 3.67. The summed E-state index contributed by atoms with van der Waals surface area (Å²) < 4.78 is 0. The van der Waals surface area contributed by atoms with Crippen molar-refractivity contribution >= 4 is 0 Å². The molecule has 2 aliphatic rings. The second kappa shape index (κ2) is 3.24. The zero-order valence-corrected chi connectivity index (χ0v) is 8.29. The first-order valence-corrected chi connectivity index (χ1v) is 5.45. The smallest absolute Gasteiger partial charge is 0.0329 e. The van der Waals surface area contributed by atoms with Gasteiger partial charge in [0, 0.05) is 0 Å². The van der Waals surface area contributed by atoms with Gasteiger partial charge in [-0.2, -0.15) is 0 Å². The first kappa shape index (κ1) is 8.34. The summed E-state index contributed by atoms with van der Waals surface area (Å²) >= 11 is 0. The van der Waals surface area contributed by atoms with E-state index in [2.05, 4.69) is 26.0 Å². The van der Waals surface area contributed by atoms with Crippen LogP contribution in [0.2, 0.25) is 0 Å². The van der Waals surface area contributed by atoms with Gasteiger partial charge in [-0.1, -0.05) is 26.0 Å². The van der Waals surface area contributed by atoms with Gasteiger partial charge in [0.15, 0.2) is 0 Å². The summed E-state index contributed by atoms with van der Waals surface area (Å²) in [5.41, 5.74) is 0. The molecule has 12 heavy (non-hydrogen) atoms. The fourth-order valence-electron chi connectivity index (χ4n) is 3.09. The Kier molecular flexibility index (Phi) is 2.25. The molecule has 0 aromatic heterocycles. The predicted octanol–water partition coefficient (Wildman–Crippen LogP) is 3.63. The van der Waals surface area contributed by atoms with Crippen molar-refractivity contribution in [3.8, 4) is 0 Å². The fraction of sp³-hybridized carbons (Fsp3) is 0.833. The van der Waals surface area contributed by atoms with Gasteiger partial charge in [0.05, 0.1) is 0 Å². The van der Waals surface area contributed by atoms with Crippen LogP contribution in [0.5, 0.6) is 0 Å². The molecule has 0 heteroatoms. The monoisotopic (exact) mass is 164 g/mol. The van der Waals surface area contributed by atoms with E-state index in [9.17, 15) is 0 Å². The van der Waals surface area contributed by atoms with Crippen LogP contribution in [0.25, 0.3) is 0 Å². The number of fused-ring (bicyclic) bond motifs is 1. The van der Waals surface area contributed by atoms with Crippen LogP contribution in [0.4, 0.5) is 0 Å². The molecule has 1 unspecified atom stereocenters. The summed E-state index contributed by atoms with van der Waals surface area (Å²) in [5.74, 6) is 4.19. The Morgan fingerprint density at radius 2 is 1.50 bits per heavy atom. The minimum Gasteiger partial charge on any atom is -0.0885 e. The molecule has 68 valence electrons. The lowest BCUT2D eigenvalue weighted by Gasteiger charge is -2.00. The Balaban J connectivity index is 1.93. The van der Waals surface area contributed by atoms with Gasteiger partial charge in [-0.15, -0.1) is 0 Å². The number of hydrogen-bond acceptors (Lipinski definition) is 0. The topological polar surface area (TPSA) is 0 Å². The van der Waals surface area contributed by atoms with Gasteiger partial charge in [0.25, 0.3) is 0 Å². The molecule has 0 aliphatic heterocycles. The molecule has 0 aromatic carbocycles. The van der Waals surface area contributed by atoms with E-state index >= 15 is 0 Å². The zero-order chi connectivity index (χ0) is 8.55. The highest BCUT2D eigenvalue weighted by Crippen LogP contribution is 2.56. The summed E-state index contributed by atoms with van der Waals surface area (Å²) in [6.07, 6.45) is 10.4. The average Bonchev–Trinajstić information content (AvgIpc) is 2.60. The van der Waals surface area contributed by atoms with E-state index in [1.54, 1.807) is 0 Å². The minimum atomic E-state index is 0.929. The number of allylic oxidation sites excluding steroid dienone is 2. The molecule has 0 bridgehead atoms. The maximum Gasteiger partial charge on any atom is -0.0329 e. The number of hydrogen-bond donors (Lipinski definition) is 0. The Morgan fingerprint density at radius 1 is 1.00 bits per heavy atom. The van der Waals surface area contributed by atoms with Crippen molar-refractivity contribution in [1.29, 1.82) is 0 Å². The van der Waals surface area contributed by atoms with Gasteiger partial charge in [0.2, 0.25) is 0 Å². The van der Waals surface area contributed by atoms with Crippen molar-refractivity contribution in [2.45, 2.75) is 39.5 Å². The standard InChI is InChI=1S/C12H20/c1-9(2)12-10-7-5-3-4-6-8-11(10)12/h3-4,9-12H,5-8H2,1-2H3/b4-3+/t10-,11+,12?. The molecule has 2 rings (SSSR count). The van der Waals surface area contributed by atoms with Crippen molar-refractivity contribution in [3.05, 3.63) is 12.2 Å². The normalized spacial score (nSPS) is 43.1. The molecule has 0 aromatic rings. The van der Waals surface area contributed by atoms with Gasteiger partial charge < -0.3 is 0 Å². The summed E-state index contributed by atoms with van der Waals surface area (Å²) in [6.45, 7) is 4.78. The predicted molar refractivity (Wildman–Crippen MR) is 52.9 cm³/mol. The lowest BCUT2D eigenvalue weighted by atomic mass is 10.0. The van der Waals surface area contributed by atoms with E-state index in [1.165, 1.54) is 25.7 Å². The third kappa shape index (κ3) is 1.44. The molecule has 0 heterocycles. The maximum atomic E-state index is 2.39. The van der Waals surface area contributed by atoms with E-state index in [0.29, 0.717) is 0 Å². The highest BCUT2D eigenvalue weighted by molar-refractivity contribution is 5.02. The summed E-state index contributed by atoms with van der Waals surface area (Å²) in [4.78, 5) is 0. The first-order valence-electron chi connectivity index (χ1n) is 5.45. The van der Waals surface area contributed by atoms with Crippen molar-refractivity contribution in [3.63, 3.8) is 0 Å². The van der Waals surface area contributed by atoms with E-state index < -0.39 is 0 Å². The highest BCUT2D eigenvalue weighted by atomic mass is 14.5. The summed E-state index contributed by atoms with van der Waals surface area (Å²) in [7, 11) is 0. The van der Waals surface area contributed by atoms with Crippen LogP contribution in [0.3, 0.4) is 0 Å². The van der Waals surface area contributed by atoms with E-state index in [4.69, 9.17) is 0 Å². The van der Waals surface area contributed by atoms with Crippen LogP contribution in [-0.4, -0.2) is 0 Å². The Labute approximate surface area is 76.1 Å². The second-order valence-electron chi connectivity index (χ2n) is 4.78. The van der Waals surface area contributed by atoms with Gasteiger partial charge in [-0.3, -0.25) is 0 Å². The lowest BCUT2D eigenvalue weighted by molar-refractivity contribution is 0.491. The van der Waals surface area contributed by atoms with Crippen molar-refractivity contribution < 1.29 is 0 Å². The molecule has 0 N–H and O–H groups in total. The first-order chi connectivity index (χ1) is 5.80. The Hall–Kier alpha value is -0.260. The molecule has 0 saturated heterocycles. The summed E-state index contributed by atoms with van der Waals surface area (Å²) in [6, 6.07) is 0. The average molecular weight is 164 g/mol. The SMILES string of the molecule is CC(C)C1[C@H]2CC/C=C/CC[C@@H]12. The Morgan fingerprint density at radius 3 is 1.92 bits per heavy atom. The van der Waals surface area contributed by atoms with Crippen LogP contribution in [0, 0.1) is 23.7 Å². The highest BCUT2D eigenvalue weighted by Gasteiger charge is 2.49. The summed E-state index contributed by atoms with van der Waals surface area (Å²) in [5, 5.41) is 0. The molecular formula is C12H20. The molecule has 1 fully saturated rings. The Bertz CT molecular complexity index is 162. The van der Waals surface area contributed by atoms with E-state index in [-0.39, 0.29) is 0 Å². The maximum absolute atomic E-state index is 2.39. The van der Waals surface area contributed by atoms with Crippen molar-refractivity contribution in [2.75, 3.05) is 0 Å². The van der Waals surface area contributed by atoms with E-state index in [1.807, 2.05) is 0 Å². The van der Waals surface area contributed by atoms with Gasteiger partial charge in [0.1, 0.15) is 0 Å². The second-order valence-corrected chi connectivity index (χ2v) is 4.78. The molecule has 3 atom stereocenters. The van der Waals surface area contributed by atoms with Crippen LogP contribution < -0.4 is 0 Å². The van der Waals surface area contributed by atoms with Gasteiger partial charge in [-0.05, 0) is 49.4 Å². The third-order valence-electron chi connectivity index (χ3n) is 3.67. The van der Waals surface area contributed by atoms with Crippen LogP contribution in [0.1, 0.15) is 39.5 Å². The molecule has 0 spiro atoms. The van der Waals surface area contributed by atoms with Crippen molar-refractivity contribution in [2.24, 2.45) is 23.7 Å². The molecule has 1 saturated carbocycles. The molecule has 0 nitrogen and oxygen atoms in total. The van der Waals surface area contributed by atoms with Gasteiger partial charge >= 0.3 is 0 Å². The quantitative estimate of drug-likeness (QED) is 0.519. The lowest BCUT2D eigenvalue weighted by Crippen LogP contribution is -1.93. The van der Waals surface area contributed by atoms with Gasteiger partial charge in [-0.25, -0.2) is 0 Å². The molecule has 0 amide bonds. The molecular weight excluding hydrogens is 144 g/mol. The zero-order valence-electron chi connectivity index (χ0n) is 8.29. The van der Waals surface area contributed by atoms with Crippen LogP contribution >= 0.6 is 0 Å².